The summed E-state index contributed by atoms with van der Waals surface area (Å²) < 4.78 is 22.5. The van der Waals surface area contributed by atoms with Gasteiger partial charge in [0.05, 0.1) is 22.3 Å². The first-order chi connectivity index (χ1) is 18.9. The van der Waals surface area contributed by atoms with E-state index < -0.39 is 61.0 Å². The number of imide groups is 1. The first kappa shape index (κ1) is 26.2. The largest absolute Gasteiger partial charge is 0.459 e. The van der Waals surface area contributed by atoms with Crippen molar-refractivity contribution in [2.45, 2.75) is 30.6 Å². The van der Waals surface area contributed by atoms with Gasteiger partial charge in [0.2, 0.25) is 0 Å². The van der Waals surface area contributed by atoms with Gasteiger partial charge in [0.15, 0.2) is 12.4 Å². The van der Waals surface area contributed by atoms with E-state index in [1.54, 1.807) is 60.7 Å². The van der Waals surface area contributed by atoms with E-state index in [-0.39, 0.29) is 16.7 Å². The van der Waals surface area contributed by atoms with Gasteiger partial charge in [0.1, 0.15) is 24.9 Å². The second-order valence-electron chi connectivity index (χ2n) is 8.99. The number of carbonyl (C=O) groups is 4. The predicted molar refractivity (Wildman–Crippen MR) is 135 cm³/mol. The van der Waals surface area contributed by atoms with Crippen molar-refractivity contribution in [1.29, 1.82) is 0 Å². The van der Waals surface area contributed by atoms with E-state index >= 15 is 0 Å². The highest BCUT2D eigenvalue weighted by Crippen LogP contribution is 2.34. The smallest absolute Gasteiger partial charge is 0.338 e. The monoisotopic (exact) mass is 531 g/mol. The molecule has 0 radical (unpaired) electrons. The van der Waals surface area contributed by atoms with Crippen LogP contribution >= 0.6 is 0 Å². The lowest BCUT2D eigenvalue weighted by Crippen LogP contribution is -2.66. The molecule has 0 bridgehead atoms. The lowest BCUT2D eigenvalue weighted by molar-refractivity contribution is -0.271. The predicted octanol–water partition coefficient (Wildman–Crippen LogP) is 2.47. The number of rotatable bonds is 7. The molecule has 39 heavy (non-hydrogen) atoms. The zero-order valence-corrected chi connectivity index (χ0v) is 20.8. The molecule has 2 aliphatic heterocycles. The Morgan fingerprint density at radius 3 is 1.87 bits per heavy atom. The standard InChI is InChI=1S/C29H25NO9/c1-36-29-22(30-25(32)19-14-8-9-15-20(19)26(30)33)24(39-28(35)18-12-6-3-7-13-18)23(31)21(38-29)16-37-27(34)17-10-4-2-5-11-17/h2-15,21-24,29,31H,16H2,1H3/t21?,22?,23?,24-,29?/m1/s1. The number of ether oxygens (including phenoxy) is 4. The number of fused-ring (bicyclic) bond motifs is 1. The summed E-state index contributed by atoms with van der Waals surface area (Å²) in [5.41, 5.74) is 0.818. The Morgan fingerprint density at radius 2 is 1.33 bits per heavy atom. The Bertz CT molecular complexity index is 1340. The molecule has 0 spiro atoms. The number of carbonyl (C=O) groups excluding carboxylic acids is 4. The second-order valence-corrected chi connectivity index (χ2v) is 8.99. The van der Waals surface area contributed by atoms with E-state index in [0.29, 0.717) is 5.56 Å². The highest BCUT2D eigenvalue weighted by molar-refractivity contribution is 6.21. The van der Waals surface area contributed by atoms with Crippen LogP contribution in [-0.4, -0.2) is 78.1 Å². The molecule has 0 aliphatic carbocycles. The van der Waals surface area contributed by atoms with Gasteiger partial charge in [-0.05, 0) is 36.4 Å². The van der Waals surface area contributed by atoms with Crippen molar-refractivity contribution in [2.75, 3.05) is 13.7 Å². The van der Waals surface area contributed by atoms with Gasteiger partial charge in [0.25, 0.3) is 11.8 Å². The topological polar surface area (TPSA) is 129 Å². The average molecular weight is 532 g/mol. The number of amides is 2. The number of hydrogen-bond acceptors (Lipinski definition) is 9. The summed E-state index contributed by atoms with van der Waals surface area (Å²) in [4.78, 5) is 53.1. The molecule has 5 atom stereocenters. The van der Waals surface area contributed by atoms with Crippen molar-refractivity contribution in [3.8, 4) is 0 Å². The Morgan fingerprint density at radius 1 is 0.821 bits per heavy atom. The summed E-state index contributed by atoms with van der Waals surface area (Å²) in [5, 5.41) is 11.3. The van der Waals surface area contributed by atoms with Crippen LogP contribution in [0, 0.1) is 0 Å². The van der Waals surface area contributed by atoms with Crippen molar-refractivity contribution in [3.05, 3.63) is 107 Å². The number of aliphatic hydroxyl groups is 1. The summed E-state index contributed by atoms with van der Waals surface area (Å²) in [7, 11) is 1.29. The number of nitrogens with zero attached hydrogens (tertiary/aromatic N) is 1. The molecule has 1 N–H and O–H groups in total. The van der Waals surface area contributed by atoms with Crippen LogP contribution in [0.15, 0.2) is 84.9 Å². The quantitative estimate of drug-likeness (QED) is 0.361. The zero-order chi connectivity index (χ0) is 27.5. The Kier molecular flexibility index (Phi) is 7.51. The minimum atomic E-state index is -1.60. The molecule has 4 unspecified atom stereocenters. The number of hydrogen-bond donors (Lipinski definition) is 1. The fourth-order valence-corrected chi connectivity index (χ4v) is 4.70. The van der Waals surface area contributed by atoms with Crippen molar-refractivity contribution in [2.24, 2.45) is 0 Å². The SMILES string of the molecule is COC1OC(COC(=O)c2ccccc2)C(O)[C@H](OC(=O)c2ccccc2)C1N1C(=O)c2ccccc2C1=O. The highest BCUT2D eigenvalue weighted by Gasteiger charge is 2.55. The van der Waals surface area contributed by atoms with Gasteiger partial charge in [-0.25, -0.2) is 9.59 Å². The van der Waals surface area contributed by atoms with Crippen LogP contribution in [-0.2, 0) is 18.9 Å². The van der Waals surface area contributed by atoms with Crippen molar-refractivity contribution in [1.82, 2.24) is 4.90 Å². The van der Waals surface area contributed by atoms with E-state index in [2.05, 4.69) is 0 Å². The third-order valence-electron chi connectivity index (χ3n) is 6.64. The maximum atomic E-state index is 13.3. The molecule has 200 valence electrons. The molecule has 10 nitrogen and oxygen atoms in total. The van der Waals surface area contributed by atoms with Gasteiger partial charge in [0, 0.05) is 7.11 Å². The third-order valence-corrected chi connectivity index (χ3v) is 6.64. The molecule has 1 saturated heterocycles. The molecule has 3 aromatic carbocycles. The van der Waals surface area contributed by atoms with Gasteiger partial charge in [-0.1, -0.05) is 48.5 Å². The molecule has 1 fully saturated rings. The summed E-state index contributed by atoms with van der Waals surface area (Å²) in [6.45, 7) is -0.414. The molecule has 2 aliphatic rings. The number of benzene rings is 3. The zero-order valence-electron chi connectivity index (χ0n) is 20.8. The maximum absolute atomic E-state index is 13.3. The Labute approximate surface area is 223 Å². The summed E-state index contributed by atoms with van der Waals surface area (Å²) in [5.74, 6) is -2.74. The van der Waals surface area contributed by atoms with Crippen LogP contribution in [0.1, 0.15) is 41.4 Å². The minimum absolute atomic E-state index is 0.166. The molecule has 2 heterocycles. The normalized spacial score (nSPS) is 24.3. The van der Waals surface area contributed by atoms with Crippen molar-refractivity contribution >= 4 is 23.8 Å². The van der Waals surface area contributed by atoms with Gasteiger partial charge in [-0.3, -0.25) is 14.5 Å². The average Bonchev–Trinajstić information content (AvgIpc) is 3.23. The van der Waals surface area contributed by atoms with Crippen molar-refractivity contribution in [3.63, 3.8) is 0 Å². The molecule has 2 amide bonds. The number of methoxy groups -OCH3 is 1. The molecular weight excluding hydrogens is 506 g/mol. The van der Waals surface area contributed by atoms with E-state index in [0.717, 1.165) is 4.90 Å². The number of aliphatic hydroxyl groups excluding tert-OH is 1. The van der Waals surface area contributed by atoms with E-state index in [9.17, 15) is 24.3 Å². The maximum Gasteiger partial charge on any atom is 0.338 e. The molecule has 0 aromatic heterocycles. The van der Waals surface area contributed by atoms with Gasteiger partial charge in [-0.2, -0.15) is 0 Å². The van der Waals surface area contributed by atoms with Gasteiger partial charge < -0.3 is 24.1 Å². The fraction of sp³-hybridized carbons (Fsp3) is 0.241. The van der Waals surface area contributed by atoms with Gasteiger partial charge in [-0.15, -0.1) is 0 Å². The Hall–Kier alpha value is -4.38. The molecule has 0 saturated carbocycles. The van der Waals surface area contributed by atoms with Crippen LogP contribution in [0.3, 0.4) is 0 Å². The van der Waals surface area contributed by atoms with Crippen LogP contribution < -0.4 is 0 Å². The molecule has 5 rings (SSSR count). The lowest BCUT2D eigenvalue weighted by Gasteiger charge is -2.45. The Balaban J connectivity index is 1.45. The summed E-state index contributed by atoms with van der Waals surface area (Å²) in [6.07, 6.45) is -5.59. The second kappa shape index (κ2) is 11.2. The van der Waals surface area contributed by atoms with Crippen LogP contribution in [0.5, 0.6) is 0 Å². The molecule has 10 heteroatoms. The fourth-order valence-electron chi connectivity index (χ4n) is 4.70. The lowest BCUT2D eigenvalue weighted by atomic mass is 9.95. The van der Waals surface area contributed by atoms with Crippen LogP contribution in [0.2, 0.25) is 0 Å². The van der Waals surface area contributed by atoms with Crippen LogP contribution in [0.25, 0.3) is 0 Å². The van der Waals surface area contributed by atoms with Crippen LogP contribution in [0.4, 0.5) is 0 Å². The number of esters is 2. The van der Waals surface area contributed by atoms with Gasteiger partial charge >= 0.3 is 11.9 Å². The summed E-state index contributed by atoms with van der Waals surface area (Å²) in [6, 6.07) is 21.2. The molecular formula is C29H25NO9. The van der Waals surface area contributed by atoms with E-state index in [4.69, 9.17) is 18.9 Å². The van der Waals surface area contributed by atoms with E-state index in [1.807, 2.05) is 0 Å². The highest BCUT2D eigenvalue weighted by atomic mass is 16.7. The first-order valence-corrected chi connectivity index (χ1v) is 12.2. The van der Waals surface area contributed by atoms with E-state index in [1.165, 1.54) is 31.4 Å². The minimum Gasteiger partial charge on any atom is -0.459 e. The van der Waals surface area contributed by atoms with Crippen molar-refractivity contribution < 1.29 is 43.2 Å². The summed E-state index contributed by atoms with van der Waals surface area (Å²) >= 11 is 0. The third kappa shape index (κ3) is 5.05. The first-order valence-electron chi connectivity index (χ1n) is 12.2. The molecule has 3 aromatic rings.